The van der Waals surface area contributed by atoms with Crippen molar-refractivity contribution in [3.63, 3.8) is 0 Å². The van der Waals surface area contributed by atoms with Gasteiger partial charge in [-0.3, -0.25) is 0 Å². The first-order valence-corrected chi connectivity index (χ1v) is 11.6. The van der Waals surface area contributed by atoms with Crippen molar-refractivity contribution in [1.29, 1.82) is 0 Å². The summed E-state index contributed by atoms with van der Waals surface area (Å²) in [5.74, 6) is 8.64. The predicted octanol–water partition coefficient (Wildman–Crippen LogP) is 4.76. The van der Waals surface area contributed by atoms with Gasteiger partial charge in [-0.15, -0.1) is 0 Å². The molecule has 3 aliphatic rings. The summed E-state index contributed by atoms with van der Waals surface area (Å²) in [4.78, 5) is 0. The van der Waals surface area contributed by atoms with Gasteiger partial charge in [-0.25, -0.2) is 0 Å². The van der Waals surface area contributed by atoms with Crippen LogP contribution in [0.1, 0.15) is 85.5 Å². The second-order valence-electron chi connectivity index (χ2n) is 10.7. The minimum atomic E-state index is -0.575. The molecule has 3 N–H and O–H groups in total. The molecule has 3 aliphatic carbocycles. The minimum absolute atomic E-state index is 0.312. The van der Waals surface area contributed by atoms with Crippen molar-refractivity contribution in [2.75, 3.05) is 0 Å². The van der Waals surface area contributed by atoms with Crippen LogP contribution in [0.3, 0.4) is 0 Å². The van der Waals surface area contributed by atoms with Gasteiger partial charge in [-0.05, 0) is 75.2 Å². The van der Waals surface area contributed by atoms with E-state index in [9.17, 15) is 15.3 Å². The van der Waals surface area contributed by atoms with Gasteiger partial charge in [0.1, 0.15) is 0 Å². The zero-order chi connectivity index (χ0) is 21.2. The van der Waals surface area contributed by atoms with E-state index >= 15 is 0 Å². The van der Waals surface area contributed by atoms with Gasteiger partial charge in [0.2, 0.25) is 0 Å². The van der Waals surface area contributed by atoms with Crippen LogP contribution in [0.15, 0.2) is 23.3 Å². The number of hydrogen-bond donors (Lipinski definition) is 3. The lowest BCUT2D eigenvalue weighted by atomic mass is 9.62. The van der Waals surface area contributed by atoms with Crippen LogP contribution in [0.2, 0.25) is 0 Å². The van der Waals surface area contributed by atoms with Crippen LogP contribution in [-0.4, -0.2) is 33.1 Å². The van der Waals surface area contributed by atoms with E-state index in [2.05, 4.69) is 31.8 Å². The number of aliphatic hydroxyl groups excluding tert-OH is 2. The van der Waals surface area contributed by atoms with Crippen molar-refractivity contribution in [2.24, 2.45) is 23.2 Å². The monoisotopic (exact) mass is 400 g/mol. The predicted molar refractivity (Wildman–Crippen MR) is 118 cm³/mol. The Morgan fingerprint density at radius 3 is 2.69 bits per heavy atom. The second kappa shape index (κ2) is 8.96. The molecule has 0 saturated heterocycles. The summed E-state index contributed by atoms with van der Waals surface area (Å²) in [6, 6.07) is 0. The fraction of sp³-hybridized carbons (Fsp3) is 0.769. The molecule has 3 heteroatoms. The molecule has 0 aromatic heterocycles. The number of fused-ring (bicyclic) bond motifs is 1. The van der Waals surface area contributed by atoms with Crippen molar-refractivity contribution in [3.8, 4) is 11.8 Å². The Kier molecular flexibility index (Phi) is 6.99. The minimum Gasteiger partial charge on any atom is -0.393 e. The highest BCUT2D eigenvalue weighted by Gasteiger charge is 2.50. The maximum absolute atomic E-state index is 10.0. The van der Waals surface area contributed by atoms with Crippen molar-refractivity contribution in [1.82, 2.24) is 0 Å². The fourth-order valence-electron chi connectivity index (χ4n) is 6.18. The normalized spacial score (nSPS) is 35.8. The molecule has 3 rings (SSSR count). The average molecular weight is 401 g/mol. The summed E-state index contributed by atoms with van der Waals surface area (Å²) in [5.41, 5.74) is 1.90. The van der Waals surface area contributed by atoms with E-state index in [0.29, 0.717) is 30.1 Å². The molecular formula is C26H40O3. The first kappa shape index (κ1) is 22.6. The molecule has 0 aromatic carbocycles. The van der Waals surface area contributed by atoms with Crippen molar-refractivity contribution >= 4 is 0 Å². The number of allylic oxidation sites excluding steroid dienone is 2. The highest BCUT2D eigenvalue weighted by atomic mass is 16.3. The third-order valence-corrected chi connectivity index (χ3v) is 7.70. The molecular weight excluding hydrogens is 360 g/mol. The molecule has 1 fully saturated rings. The topological polar surface area (TPSA) is 60.7 Å². The zero-order valence-corrected chi connectivity index (χ0v) is 18.7. The lowest BCUT2D eigenvalue weighted by molar-refractivity contribution is 0.0614. The van der Waals surface area contributed by atoms with E-state index in [4.69, 9.17) is 0 Å². The number of hydrogen-bond acceptors (Lipinski definition) is 3. The molecule has 0 aromatic rings. The van der Waals surface area contributed by atoms with Gasteiger partial charge >= 0.3 is 0 Å². The Morgan fingerprint density at radius 2 is 2.00 bits per heavy atom. The molecule has 0 amide bonds. The van der Waals surface area contributed by atoms with E-state index in [1.54, 1.807) is 0 Å². The van der Waals surface area contributed by atoms with Crippen LogP contribution in [-0.2, 0) is 0 Å². The molecule has 0 radical (unpaired) electrons. The Morgan fingerprint density at radius 1 is 1.24 bits per heavy atom. The Labute approximate surface area is 177 Å². The third-order valence-electron chi connectivity index (χ3n) is 7.70. The van der Waals surface area contributed by atoms with Crippen molar-refractivity contribution < 1.29 is 15.3 Å². The summed E-state index contributed by atoms with van der Waals surface area (Å²) >= 11 is 0. The van der Waals surface area contributed by atoms with Gasteiger partial charge < -0.3 is 15.3 Å². The maximum atomic E-state index is 10.0. The summed E-state index contributed by atoms with van der Waals surface area (Å²) in [6.45, 7) is 8.69. The van der Waals surface area contributed by atoms with Crippen LogP contribution in [0.4, 0.5) is 0 Å². The van der Waals surface area contributed by atoms with Crippen LogP contribution in [0.25, 0.3) is 0 Å². The van der Waals surface area contributed by atoms with Crippen LogP contribution in [0.5, 0.6) is 0 Å². The van der Waals surface area contributed by atoms with Gasteiger partial charge in [-0.2, -0.15) is 0 Å². The van der Waals surface area contributed by atoms with E-state index in [1.165, 1.54) is 31.3 Å². The zero-order valence-electron chi connectivity index (χ0n) is 18.7. The van der Waals surface area contributed by atoms with Crippen LogP contribution >= 0.6 is 0 Å². The average Bonchev–Trinajstić information content (AvgIpc) is 2.95. The molecule has 0 aliphatic heterocycles. The molecule has 0 unspecified atom stereocenters. The highest BCUT2D eigenvalue weighted by Crippen LogP contribution is 2.58. The maximum Gasteiger partial charge on any atom is 0.0757 e. The lowest BCUT2D eigenvalue weighted by Crippen LogP contribution is -2.35. The van der Waals surface area contributed by atoms with Crippen LogP contribution in [0, 0.1) is 35.0 Å². The molecule has 0 heterocycles. The SMILES string of the molecule is C[C@H](CCCC(C)(C)O)[C@H]1CC[C@@H]2C(C#CC3=C[C@@H](O)C[C@H](O)C3)=CCC[C@@]21C. The molecule has 3 nitrogen and oxygen atoms in total. The van der Waals surface area contributed by atoms with Crippen molar-refractivity contribution in [3.05, 3.63) is 23.3 Å². The molecule has 162 valence electrons. The Bertz CT molecular complexity index is 702. The Balaban J connectivity index is 1.67. The summed E-state index contributed by atoms with van der Waals surface area (Å²) in [6.07, 6.45) is 12.0. The van der Waals surface area contributed by atoms with Crippen LogP contribution < -0.4 is 0 Å². The standard InChI is InChI=1S/C26H40O3/c1-18(7-5-13-25(2,3)29)23-11-12-24-20(8-6-14-26(23,24)4)10-9-19-15-21(27)17-22(28)16-19/h8,15,18,21-24,27-29H,5-7,11-14,16-17H2,1-4H3/t18-,21-,22-,23-,24-,26-/m1/s1. The van der Waals surface area contributed by atoms with Gasteiger partial charge in [0, 0.05) is 24.0 Å². The quantitative estimate of drug-likeness (QED) is 0.583. The fourth-order valence-corrected chi connectivity index (χ4v) is 6.18. The first-order valence-electron chi connectivity index (χ1n) is 11.6. The van der Waals surface area contributed by atoms with Gasteiger partial charge in [0.15, 0.2) is 0 Å². The Hall–Kier alpha value is -1.08. The first-order chi connectivity index (χ1) is 13.6. The molecule has 0 spiro atoms. The van der Waals surface area contributed by atoms with Gasteiger partial charge in [-0.1, -0.05) is 44.6 Å². The van der Waals surface area contributed by atoms with Crippen molar-refractivity contribution in [2.45, 2.75) is 103 Å². The molecule has 29 heavy (non-hydrogen) atoms. The van der Waals surface area contributed by atoms with E-state index in [1.807, 2.05) is 19.9 Å². The smallest absolute Gasteiger partial charge is 0.0757 e. The molecule has 0 bridgehead atoms. The molecule has 1 saturated carbocycles. The summed E-state index contributed by atoms with van der Waals surface area (Å²) in [7, 11) is 0. The van der Waals surface area contributed by atoms with Gasteiger partial charge in [0.25, 0.3) is 0 Å². The summed E-state index contributed by atoms with van der Waals surface area (Å²) in [5, 5.41) is 29.8. The lowest BCUT2D eigenvalue weighted by Gasteiger charge is -2.42. The second-order valence-corrected chi connectivity index (χ2v) is 10.7. The highest BCUT2D eigenvalue weighted by molar-refractivity contribution is 5.42. The number of rotatable bonds is 5. The largest absolute Gasteiger partial charge is 0.393 e. The summed E-state index contributed by atoms with van der Waals surface area (Å²) < 4.78 is 0. The third kappa shape index (κ3) is 5.54. The van der Waals surface area contributed by atoms with E-state index in [-0.39, 0.29) is 0 Å². The van der Waals surface area contributed by atoms with E-state index < -0.39 is 17.8 Å². The molecule has 6 atom stereocenters. The van der Waals surface area contributed by atoms with E-state index in [0.717, 1.165) is 30.8 Å². The number of aliphatic hydroxyl groups is 3. The van der Waals surface area contributed by atoms with Gasteiger partial charge in [0.05, 0.1) is 17.8 Å².